The third-order valence-corrected chi connectivity index (χ3v) is 5.52. The van der Waals surface area contributed by atoms with E-state index >= 15 is 0 Å². The van der Waals surface area contributed by atoms with Crippen molar-refractivity contribution in [3.8, 4) is 11.5 Å². The summed E-state index contributed by atoms with van der Waals surface area (Å²) in [6, 6.07) is 6.32. The summed E-state index contributed by atoms with van der Waals surface area (Å²) in [6.45, 7) is 3.51. The highest BCUT2D eigenvalue weighted by atomic mass is 32.2. The topological polar surface area (TPSA) is 108 Å². The van der Waals surface area contributed by atoms with Crippen molar-refractivity contribution >= 4 is 21.7 Å². The molecule has 1 fully saturated rings. The van der Waals surface area contributed by atoms with Crippen molar-refractivity contribution in [2.24, 2.45) is 0 Å². The van der Waals surface area contributed by atoms with Crippen molar-refractivity contribution in [1.82, 2.24) is 5.32 Å². The molecule has 0 unspecified atom stereocenters. The van der Waals surface area contributed by atoms with Gasteiger partial charge in [-0.3, -0.25) is 4.79 Å². The van der Waals surface area contributed by atoms with Gasteiger partial charge in [0.05, 0.1) is 18.1 Å². The average Bonchev–Trinajstić information content (AvgIpc) is 2.93. The van der Waals surface area contributed by atoms with E-state index in [1.54, 1.807) is 24.3 Å². The normalized spacial score (nSPS) is 19.4. The van der Waals surface area contributed by atoms with Crippen molar-refractivity contribution in [3.05, 3.63) is 24.3 Å². The van der Waals surface area contributed by atoms with E-state index in [1.807, 2.05) is 6.92 Å². The molecule has 0 aromatic heterocycles. The number of carbonyl (C=O) groups is 2. The minimum Gasteiger partial charge on any atom is -0.494 e. The van der Waals surface area contributed by atoms with Crippen LogP contribution in [-0.4, -0.2) is 57.2 Å². The summed E-state index contributed by atoms with van der Waals surface area (Å²) in [6.07, 6.45) is -0.662. The molecule has 1 amide bonds. The van der Waals surface area contributed by atoms with Gasteiger partial charge in [-0.1, -0.05) is 0 Å². The van der Waals surface area contributed by atoms with E-state index in [1.165, 1.54) is 6.92 Å². The third kappa shape index (κ3) is 6.21. The Kier molecular flexibility index (Phi) is 6.84. The first-order valence-corrected chi connectivity index (χ1v) is 10.2. The van der Waals surface area contributed by atoms with E-state index in [0.29, 0.717) is 24.5 Å². The molecule has 144 valence electrons. The minimum absolute atomic E-state index is 0.0576. The van der Waals surface area contributed by atoms with Crippen LogP contribution in [0, 0.1) is 0 Å². The number of amides is 1. The lowest BCUT2D eigenvalue weighted by Gasteiger charge is -2.16. The number of hydrogen-bond acceptors (Lipinski definition) is 7. The second kappa shape index (κ2) is 8.88. The van der Waals surface area contributed by atoms with Crippen LogP contribution in [0.1, 0.15) is 20.3 Å². The smallest absolute Gasteiger partial charge is 0.344 e. The maximum absolute atomic E-state index is 12.0. The Bertz CT molecular complexity index is 730. The van der Waals surface area contributed by atoms with Gasteiger partial charge in [-0.2, -0.15) is 0 Å². The fraction of sp³-hybridized carbons (Fsp3) is 0.529. The SMILES string of the molecule is CCOc1ccc(OCC(=O)O[C@H](C)C(=O)N[C@@H]2CCS(=O)(=O)C2)cc1. The Morgan fingerprint density at radius 3 is 2.35 bits per heavy atom. The molecule has 0 bridgehead atoms. The van der Waals surface area contributed by atoms with Crippen LogP contribution in [0.2, 0.25) is 0 Å². The van der Waals surface area contributed by atoms with Gasteiger partial charge in [-0.15, -0.1) is 0 Å². The summed E-state index contributed by atoms with van der Waals surface area (Å²) in [5, 5.41) is 2.58. The van der Waals surface area contributed by atoms with Gasteiger partial charge in [-0.25, -0.2) is 13.2 Å². The number of carbonyl (C=O) groups excluding carboxylic acids is 2. The highest BCUT2D eigenvalue weighted by Crippen LogP contribution is 2.17. The summed E-state index contributed by atoms with van der Waals surface area (Å²) < 4.78 is 38.4. The Hall–Kier alpha value is -2.29. The van der Waals surface area contributed by atoms with Crippen LogP contribution in [0.5, 0.6) is 11.5 Å². The molecule has 1 saturated heterocycles. The number of rotatable bonds is 8. The van der Waals surface area contributed by atoms with Crippen LogP contribution in [0.4, 0.5) is 0 Å². The molecular formula is C17H23NO7S. The third-order valence-electron chi connectivity index (χ3n) is 3.75. The summed E-state index contributed by atoms with van der Waals surface area (Å²) in [4.78, 5) is 23.8. The van der Waals surface area contributed by atoms with E-state index in [2.05, 4.69) is 5.32 Å². The molecule has 8 nitrogen and oxygen atoms in total. The van der Waals surface area contributed by atoms with Crippen LogP contribution < -0.4 is 14.8 Å². The van der Waals surface area contributed by atoms with Crippen LogP contribution >= 0.6 is 0 Å². The molecular weight excluding hydrogens is 362 g/mol. The number of benzene rings is 1. The monoisotopic (exact) mass is 385 g/mol. The quantitative estimate of drug-likeness (QED) is 0.656. The van der Waals surface area contributed by atoms with Crippen molar-refractivity contribution in [3.63, 3.8) is 0 Å². The fourth-order valence-electron chi connectivity index (χ4n) is 2.45. The van der Waals surface area contributed by atoms with Gasteiger partial charge in [0, 0.05) is 6.04 Å². The van der Waals surface area contributed by atoms with Gasteiger partial charge in [0.1, 0.15) is 11.5 Å². The number of nitrogens with one attached hydrogen (secondary N) is 1. The van der Waals surface area contributed by atoms with Gasteiger partial charge in [0.25, 0.3) is 5.91 Å². The molecule has 0 saturated carbocycles. The van der Waals surface area contributed by atoms with E-state index < -0.39 is 33.9 Å². The highest BCUT2D eigenvalue weighted by Gasteiger charge is 2.30. The molecule has 26 heavy (non-hydrogen) atoms. The lowest BCUT2D eigenvalue weighted by Crippen LogP contribution is -2.43. The number of hydrogen-bond donors (Lipinski definition) is 1. The first kappa shape index (κ1) is 20.0. The van der Waals surface area contributed by atoms with Gasteiger partial charge >= 0.3 is 5.97 Å². The number of esters is 1. The van der Waals surface area contributed by atoms with Crippen molar-refractivity contribution < 1.29 is 32.2 Å². The van der Waals surface area contributed by atoms with Crippen LogP contribution in [-0.2, 0) is 24.2 Å². The molecule has 0 radical (unpaired) electrons. The molecule has 0 aliphatic carbocycles. The second-order valence-electron chi connectivity index (χ2n) is 5.93. The Labute approximate surface area is 152 Å². The maximum Gasteiger partial charge on any atom is 0.344 e. The zero-order valence-corrected chi connectivity index (χ0v) is 15.6. The zero-order valence-electron chi connectivity index (χ0n) is 14.8. The summed E-state index contributed by atoms with van der Waals surface area (Å²) in [5.74, 6) is -0.0788. The molecule has 1 heterocycles. The van der Waals surface area contributed by atoms with Crippen molar-refractivity contribution in [2.45, 2.75) is 32.4 Å². The summed E-state index contributed by atoms with van der Waals surface area (Å²) >= 11 is 0. The number of sulfone groups is 1. The highest BCUT2D eigenvalue weighted by molar-refractivity contribution is 7.91. The number of ether oxygens (including phenoxy) is 3. The van der Waals surface area contributed by atoms with Gasteiger partial charge in [-0.05, 0) is 44.5 Å². The first-order chi connectivity index (χ1) is 12.3. The minimum atomic E-state index is -3.09. The molecule has 1 aliphatic heterocycles. The fourth-order valence-corrected chi connectivity index (χ4v) is 4.13. The summed E-state index contributed by atoms with van der Waals surface area (Å²) in [5.41, 5.74) is 0. The summed E-state index contributed by atoms with van der Waals surface area (Å²) in [7, 11) is -3.09. The molecule has 0 spiro atoms. The molecule has 1 aliphatic rings. The largest absolute Gasteiger partial charge is 0.494 e. The molecule has 1 N–H and O–H groups in total. The lowest BCUT2D eigenvalue weighted by molar-refractivity contribution is -0.156. The molecule has 1 aromatic rings. The van der Waals surface area contributed by atoms with Gasteiger partial charge in [0.15, 0.2) is 22.5 Å². The Balaban J connectivity index is 1.73. The van der Waals surface area contributed by atoms with E-state index in [4.69, 9.17) is 14.2 Å². The van der Waals surface area contributed by atoms with Crippen molar-refractivity contribution in [2.75, 3.05) is 24.7 Å². The first-order valence-electron chi connectivity index (χ1n) is 8.35. The standard InChI is InChI=1S/C17H23NO7S/c1-3-23-14-4-6-15(7-5-14)24-10-16(19)25-12(2)17(20)18-13-8-9-26(21,22)11-13/h4-7,12-13H,3,8-11H2,1-2H3,(H,18,20)/t12-,13-/m1/s1. The van der Waals surface area contributed by atoms with E-state index in [9.17, 15) is 18.0 Å². The predicted molar refractivity (Wildman–Crippen MR) is 93.9 cm³/mol. The van der Waals surface area contributed by atoms with Crippen LogP contribution in [0.25, 0.3) is 0 Å². The van der Waals surface area contributed by atoms with Crippen molar-refractivity contribution in [1.29, 1.82) is 0 Å². The van der Waals surface area contributed by atoms with E-state index in [0.717, 1.165) is 0 Å². The van der Waals surface area contributed by atoms with Gasteiger partial charge < -0.3 is 19.5 Å². The zero-order chi connectivity index (χ0) is 19.2. The lowest BCUT2D eigenvalue weighted by atomic mass is 10.2. The molecule has 2 rings (SSSR count). The second-order valence-corrected chi connectivity index (χ2v) is 8.16. The molecule has 1 aromatic carbocycles. The Morgan fingerprint density at radius 2 is 1.81 bits per heavy atom. The molecule has 9 heteroatoms. The Morgan fingerprint density at radius 1 is 1.19 bits per heavy atom. The van der Waals surface area contributed by atoms with Gasteiger partial charge in [0.2, 0.25) is 0 Å². The molecule has 2 atom stereocenters. The maximum atomic E-state index is 12.0. The predicted octanol–water partition coefficient (Wildman–Crippen LogP) is 0.699. The van der Waals surface area contributed by atoms with Crippen LogP contribution in [0.15, 0.2) is 24.3 Å². The van der Waals surface area contributed by atoms with E-state index in [-0.39, 0.29) is 18.1 Å². The average molecular weight is 385 g/mol. The van der Waals surface area contributed by atoms with Crippen LogP contribution in [0.3, 0.4) is 0 Å².